The molecule has 0 saturated carbocycles. The zero-order valence-corrected chi connectivity index (χ0v) is 19.5. The zero-order valence-electron chi connectivity index (χ0n) is 18.6. The van der Waals surface area contributed by atoms with Crippen LogP contribution in [-0.2, 0) is 0 Å². The highest BCUT2D eigenvalue weighted by Gasteiger charge is 2.09. The van der Waals surface area contributed by atoms with Crippen molar-refractivity contribution in [3.63, 3.8) is 0 Å². The number of hydrogen-bond donors (Lipinski definition) is 0. The number of benzene rings is 3. The molecular weight excluding hydrogens is 432 g/mol. The third kappa shape index (κ3) is 6.71. The van der Waals surface area contributed by atoms with Crippen LogP contribution in [0, 0.1) is 42.2 Å². The van der Waals surface area contributed by atoms with E-state index in [1.807, 2.05) is 42.4 Å². The smallest absolute Gasteiger partial charge is 0.153 e. The first kappa shape index (κ1) is 24.1. The zero-order chi connectivity index (χ0) is 23.6. The van der Waals surface area contributed by atoms with E-state index >= 15 is 0 Å². The lowest BCUT2D eigenvalue weighted by Gasteiger charge is -2.05. The summed E-state index contributed by atoms with van der Waals surface area (Å²) < 4.78 is 28.0. The molecule has 0 heterocycles. The van der Waals surface area contributed by atoms with E-state index in [0.717, 1.165) is 52.8 Å². The van der Waals surface area contributed by atoms with E-state index in [0.29, 0.717) is 0 Å². The van der Waals surface area contributed by atoms with Gasteiger partial charge in [0.05, 0.1) is 5.16 Å². The second-order valence-electron chi connectivity index (χ2n) is 7.61. The van der Waals surface area contributed by atoms with Crippen LogP contribution < -0.4 is 0 Å². The summed E-state index contributed by atoms with van der Waals surface area (Å²) >= 11 is 4.41. The number of rotatable bonds is 5. The van der Waals surface area contributed by atoms with Gasteiger partial charge in [0, 0.05) is 23.1 Å². The Kier molecular flexibility index (Phi) is 8.68. The number of halogens is 2. The number of unbranched alkanes of at least 4 members (excludes halogenated alkanes) is 3. The molecule has 0 amide bonds. The average Bonchev–Trinajstić information content (AvgIpc) is 2.81. The topological polar surface area (TPSA) is 12.4 Å². The van der Waals surface area contributed by atoms with E-state index in [-0.39, 0.29) is 5.56 Å². The maximum Gasteiger partial charge on any atom is 0.153 e. The summed E-state index contributed by atoms with van der Waals surface area (Å²) in [7, 11) is 0. The quantitative estimate of drug-likeness (QED) is 0.164. The summed E-state index contributed by atoms with van der Waals surface area (Å²) in [5, 5.41) is 1.97. The molecule has 0 bridgehead atoms. The van der Waals surface area contributed by atoms with Crippen molar-refractivity contribution in [2.24, 2.45) is 4.99 Å². The Morgan fingerprint density at radius 3 is 2.15 bits per heavy atom. The molecule has 3 aromatic rings. The molecule has 0 unspecified atom stereocenters. The van der Waals surface area contributed by atoms with Crippen molar-refractivity contribution < 1.29 is 8.78 Å². The standard InChI is InChI=1S/C29H23F2NS/c1-3-4-5-6-7-8-22-9-13-25(14-10-22)26-16-15-24(21(2)17-26)12-11-23-18-27(30)29(32-20-33)28(31)19-23/h9-10,13-19H,3-6H2,1-2H3. The van der Waals surface area contributed by atoms with E-state index in [1.165, 1.54) is 12.8 Å². The van der Waals surface area contributed by atoms with Crippen LogP contribution in [0.25, 0.3) is 11.1 Å². The van der Waals surface area contributed by atoms with Gasteiger partial charge in [-0.05, 0) is 72.6 Å². The third-order valence-corrected chi connectivity index (χ3v) is 5.19. The first-order valence-electron chi connectivity index (χ1n) is 10.8. The molecule has 33 heavy (non-hydrogen) atoms. The highest BCUT2D eigenvalue weighted by Crippen LogP contribution is 2.24. The van der Waals surface area contributed by atoms with Gasteiger partial charge in [-0.15, -0.1) is 0 Å². The first-order valence-corrected chi connectivity index (χ1v) is 11.2. The van der Waals surface area contributed by atoms with Crippen molar-refractivity contribution in [3.8, 4) is 34.8 Å². The molecule has 0 radical (unpaired) electrons. The van der Waals surface area contributed by atoms with Gasteiger partial charge in [-0.2, -0.15) is 4.99 Å². The molecule has 0 N–H and O–H groups in total. The number of thiocarbonyl (C=S) groups is 1. The van der Waals surface area contributed by atoms with Gasteiger partial charge in [-0.1, -0.05) is 67.7 Å². The van der Waals surface area contributed by atoms with Crippen molar-refractivity contribution in [2.45, 2.75) is 39.5 Å². The molecule has 0 fully saturated rings. The van der Waals surface area contributed by atoms with Crippen LogP contribution in [0.2, 0.25) is 0 Å². The minimum absolute atomic E-state index is 0.225. The Morgan fingerprint density at radius 1 is 0.818 bits per heavy atom. The Labute approximate surface area is 199 Å². The Bertz CT molecular complexity index is 1290. The Hall–Kier alpha value is -3.56. The van der Waals surface area contributed by atoms with Gasteiger partial charge in [-0.25, -0.2) is 8.78 Å². The van der Waals surface area contributed by atoms with Crippen molar-refractivity contribution in [1.29, 1.82) is 0 Å². The summed E-state index contributed by atoms with van der Waals surface area (Å²) in [6, 6.07) is 16.4. The van der Waals surface area contributed by atoms with E-state index < -0.39 is 17.3 Å². The maximum absolute atomic E-state index is 14.0. The Balaban J connectivity index is 1.76. The summed E-state index contributed by atoms with van der Waals surface area (Å²) in [5.41, 5.74) is 4.70. The first-order chi connectivity index (χ1) is 16.0. The SMILES string of the molecule is CCCCCC#Cc1ccc(-c2ccc(C#Cc3cc(F)c(N=C=S)c(F)c3)c(C)c2)cc1. The van der Waals surface area contributed by atoms with Gasteiger partial charge >= 0.3 is 0 Å². The number of aryl methyl sites for hydroxylation is 1. The lowest BCUT2D eigenvalue weighted by molar-refractivity contribution is 0.587. The molecule has 164 valence electrons. The minimum Gasteiger partial charge on any atom is -0.204 e. The predicted molar refractivity (Wildman–Crippen MR) is 135 cm³/mol. The fourth-order valence-corrected chi connectivity index (χ4v) is 3.38. The van der Waals surface area contributed by atoms with Crippen molar-refractivity contribution >= 4 is 23.1 Å². The maximum atomic E-state index is 14.0. The number of isothiocyanates is 1. The van der Waals surface area contributed by atoms with Crippen LogP contribution in [-0.4, -0.2) is 5.16 Å². The molecule has 0 atom stereocenters. The lowest BCUT2D eigenvalue weighted by Crippen LogP contribution is -1.88. The molecule has 0 aliphatic heterocycles. The second kappa shape index (κ2) is 11.9. The molecule has 0 spiro atoms. The highest BCUT2D eigenvalue weighted by atomic mass is 32.1. The molecule has 0 aromatic heterocycles. The van der Waals surface area contributed by atoms with Gasteiger partial charge in [-0.3, -0.25) is 0 Å². The van der Waals surface area contributed by atoms with E-state index in [1.54, 1.807) is 0 Å². The average molecular weight is 456 g/mol. The normalized spacial score (nSPS) is 9.82. The Morgan fingerprint density at radius 2 is 1.52 bits per heavy atom. The molecule has 3 aromatic carbocycles. The summed E-state index contributed by atoms with van der Waals surface area (Å²) in [6.45, 7) is 4.15. The van der Waals surface area contributed by atoms with E-state index in [9.17, 15) is 8.78 Å². The van der Waals surface area contributed by atoms with Crippen molar-refractivity contribution in [1.82, 2.24) is 0 Å². The number of aliphatic imine (C=N–C) groups is 1. The van der Waals surface area contributed by atoms with Gasteiger partial charge in [0.15, 0.2) is 11.6 Å². The van der Waals surface area contributed by atoms with Gasteiger partial charge in [0.2, 0.25) is 0 Å². The van der Waals surface area contributed by atoms with Crippen LogP contribution in [0.4, 0.5) is 14.5 Å². The van der Waals surface area contributed by atoms with Crippen LogP contribution in [0.3, 0.4) is 0 Å². The molecule has 1 nitrogen and oxygen atoms in total. The summed E-state index contributed by atoms with van der Waals surface area (Å²) in [4.78, 5) is 3.41. The molecule has 0 aliphatic carbocycles. The predicted octanol–water partition coefficient (Wildman–Crippen LogP) is 8.01. The molecule has 0 aliphatic rings. The molecule has 3 rings (SSSR count). The van der Waals surface area contributed by atoms with Crippen LogP contribution >= 0.6 is 12.2 Å². The van der Waals surface area contributed by atoms with Crippen LogP contribution in [0.1, 0.15) is 54.9 Å². The van der Waals surface area contributed by atoms with Crippen LogP contribution in [0.15, 0.2) is 59.6 Å². The molecular formula is C29H23F2NS. The van der Waals surface area contributed by atoms with Gasteiger partial charge in [0.1, 0.15) is 5.69 Å². The summed E-state index contributed by atoms with van der Waals surface area (Å²) in [6.07, 6.45) is 4.50. The minimum atomic E-state index is -0.821. The second-order valence-corrected chi connectivity index (χ2v) is 7.79. The fraction of sp³-hybridized carbons (Fsp3) is 0.207. The van der Waals surface area contributed by atoms with Crippen molar-refractivity contribution in [3.05, 3.63) is 88.5 Å². The monoisotopic (exact) mass is 455 g/mol. The fourth-order valence-electron chi connectivity index (χ4n) is 3.29. The third-order valence-electron chi connectivity index (χ3n) is 5.10. The summed E-state index contributed by atoms with van der Waals surface area (Å²) in [5.74, 6) is 10.6. The van der Waals surface area contributed by atoms with E-state index in [2.05, 4.69) is 59.9 Å². The largest absolute Gasteiger partial charge is 0.204 e. The van der Waals surface area contributed by atoms with Crippen molar-refractivity contribution in [2.75, 3.05) is 0 Å². The molecule has 0 saturated heterocycles. The molecule has 4 heteroatoms. The lowest BCUT2D eigenvalue weighted by atomic mass is 9.99. The number of nitrogens with zero attached hydrogens (tertiary/aromatic N) is 1. The highest BCUT2D eigenvalue weighted by molar-refractivity contribution is 7.78. The van der Waals surface area contributed by atoms with E-state index in [4.69, 9.17) is 0 Å². The number of hydrogen-bond acceptors (Lipinski definition) is 2. The van der Waals surface area contributed by atoms with Crippen LogP contribution in [0.5, 0.6) is 0 Å². The van der Waals surface area contributed by atoms with Gasteiger partial charge in [0.25, 0.3) is 0 Å². The van der Waals surface area contributed by atoms with Gasteiger partial charge < -0.3 is 0 Å².